The van der Waals surface area contributed by atoms with Crippen LogP contribution >= 0.6 is 0 Å². The molecular weight excluding hydrogens is 298 g/mol. The number of hydrogen-bond acceptors (Lipinski definition) is 5. The lowest BCUT2D eigenvalue weighted by molar-refractivity contribution is 0.577. The number of nitrogens with one attached hydrogen (secondary N) is 1. The zero-order valence-electron chi connectivity index (χ0n) is 13.7. The minimum atomic E-state index is 0.748. The Bertz CT molecular complexity index is 827. The van der Waals surface area contributed by atoms with Gasteiger partial charge < -0.3 is 10.2 Å². The topological polar surface area (TPSA) is 53.9 Å². The minimum Gasteiger partial charge on any atom is -0.380 e. The number of anilines is 2. The van der Waals surface area contributed by atoms with Gasteiger partial charge >= 0.3 is 0 Å². The number of fused-ring (bicyclic) bond motifs is 1. The molecule has 1 saturated heterocycles. The lowest BCUT2D eigenvalue weighted by Crippen LogP contribution is -2.29. The first kappa shape index (κ1) is 14.9. The molecule has 5 heteroatoms. The van der Waals surface area contributed by atoms with Gasteiger partial charge in [0.2, 0.25) is 0 Å². The molecule has 1 fully saturated rings. The van der Waals surface area contributed by atoms with Gasteiger partial charge in [0.25, 0.3) is 0 Å². The number of hydrogen-bond donors (Lipinski definition) is 1. The van der Waals surface area contributed by atoms with Crippen LogP contribution in [0.5, 0.6) is 0 Å². The molecule has 0 spiro atoms. The molecule has 4 rings (SSSR count). The second-order valence-corrected chi connectivity index (χ2v) is 6.21. The van der Waals surface area contributed by atoms with Crippen LogP contribution in [-0.2, 0) is 6.54 Å². The van der Waals surface area contributed by atoms with Crippen LogP contribution in [0.15, 0.2) is 49.1 Å². The monoisotopic (exact) mass is 319 g/mol. The van der Waals surface area contributed by atoms with Gasteiger partial charge in [-0.3, -0.25) is 15.0 Å². The molecule has 1 N–H and O–H groups in total. The van der Waals surface area contributed by atoms with Crippen LogP contribution in [0.2, 0.25) is 0 Å². The molecule has 1 aliphatic heterocycles. The van der Waals surface area contributed by atoms with Crippen LogP contribution in [0.4, 0.5) is 11.4 Å². The molecule has 3 aromatic rings. The van der Waals surface area contributed by atoms with Crippen molar-refractivity contribution in [3.8, 4) is 0 Å². The van der Waals surface area contributed by atoms with E-state index in [0.717, 1.165) is 36.4 Å². The normalized spacial score (nSPS) is 14.8. The van der Waals surface area contributed by atoms with E-state index in [2.05, 4.69) is 43.4 Å². The van der Waals surface area contributed by atoms with Gasteiger partial charge in [-0.15, -0.1) is 0 Å². The summed E-state index contributed by atoms with van der Waals surface area (Å²) in [6.07, 6.45) is 11.2. The van der Waals surface area contributed by atoms with Gasteiger partial charge in [-0.25, -0.2) is 0 Å². The van der Waals surface area contributed by atoms with Gasteiger partial charge in [-0.2, -0.15) is 0 Å². The third-order valence-electron chi connectivity index (χ3n) is 4.48. The lowest BCUT2D eigenvalue weighted by atomic mass is 10.1. The molecule has 1 aliphatic rings. The van der Waals surface area contributed by atoms with E-state index in [-0.39, 0.29) is 0 Å². The molecule has 122 valence electrons. The third-order valence-corrected chi connectivity index (χ3v) is 4.48. The van der Waals surface area contributed by atoms with Crippen molar-refractivity contribution in [2.45, 2.75) is 25.8 Å². The molecule has 0 unspecified atom stereocenters. The molecule has 0 aliphatic carbocycles. The maximum Gasteiger partial charge on any atom is 0.0890 e. The van der Waals surface area contributed by atoms with Gasteiger partial charge in [-0.05, 0) is 43.0 Å². The Morgan fingerprint density at radius 2 is 1.75 bits per heavy atom. The Balaban J connectivity index is 1.46. The molecule has 0 atom stereocenters. The summed E-state index contributed by atoms with van der Waals surface area (Å²) < 4.78 is 0. The van der Waals surface area contributed by atoms with Crippen LogP contribution in [0.1, 0.15) is 24.8 Å². The Kier molecular flexibility index (Phi) is 4.23. The predicted molar refractivity (Wildman–Crippen MR) is 97.2 cm³/mol. The highest BCUT2D eigenvalue weighted by Crippen LogP contribution is 2.22. The van der Waals surface area contributed by atoms with Gasteiger partial charge in [0, 0.05) is 32.0 Å². The molecule has 2 aromatic heterocycles. The molecule has 0 amide bonds. The number of piperidine rings is 1. The summed E-state index contributed by atoms with van der Waals surface area (Å²) >= 11 is 0. The van der Waals surface area contributed by atoms with Gasteiger partial charge in [0.15, 0.2) is 0 Å². The summed E-state index contributed by atoms with van der Waals surface area (Å²) in [5, 5.41) is 3.47. The van der Waals surface area contributed by atoms with Crippen LogP contribution < -0.4 is 10.2 Å². The second kappa shape index (κ2) is 6.83. The van der Waals surface area contributed by atoms with E-state index in [4.69, 9.17) is 0 Å². The van der Waals surface area contributed by atoms with E-state index in [9.17, 15) is 0 Å². The van der Waals surface area contributed by atoms with Crippen LogP contribution in [0.3, 0.4) is 0 Å². The van der Waals surface area contributed by atoms with Crippen molar-refractivity contribution in [3.05, 3.63) is 54.6 Å². The van der Waals surface area contributed by atoms with Crippen LogP contribution in [0.25, 0.3) is 11.0 Å². The quantitative estimate of drug-likeness (QED) is 0.796. The number of benzene rings is 1. The predicted octanol–water partition coefficient (Wildman–Crippen LogP) is 3.63. The van der Waals surface area contributed by atoms with E-state index in [1.54, 1.807) is 12.4 Å². The van der Waals surface area contributed by atoms with Gasteiger partial charge in [0.1, 0.15) is 0 Å². The largest absolute Gasteiger partial charge is 0.380 e. The maximum atomic E-state index is 4.40. The third kappa shape index (κ3) is 3.30. The smallest absolute Gasteiger partial charge is 0.0890 e. The first-order valence-electron chi connectivity index (χ1n) is 8.52. The number of nitrogens with zero attached hydrogens (tertiary/aromatic N) is 4. The summed E-state index contributed by atoms with van der Waals surface area (Å²) in [6, 6.07) is 8.38. The van der Waals surface area contributed by atoms with E-state index in [1.807, 2.05) is 18.5 Å². The summed E-state index contributed by atoms with van der Waals surface area (Å²) in [5.41, 5.74) is 5.31. The standard InChI is InChI=1S/C19H21N5/c1-2-8-24(9-3-1)17-11-16(13-20-14-17)23-12-15-4-5-18-19(10-15)22-7-6-21-18/h4-7,10-11,13-14,23H,1-3,8-9,12H2. The highest BCUT2D eigenvalue weighted by atomic mass is 15.1. The highest BCUT2D eigenvalue weighted by molar-refractivity contribution is 5.74. The summed E-state index contributed by atoms with van der Waals surface area (Å²) in [4.78, 5) is 15.5. The zero-order valence-corrected chi connectivity index (χ0v) is 13.7. The van der Waals surface area contributed by atoms with E-state index < -0.39 is 0 Å². The minimum absolute atomic E-state index is 0.748. The van der Waals surface area contributed by atoms with E-state index in [0.29, 0.717) is 0 Å². The molecule has 0 bridgehead atoms. The second-order valence-electron chi connectivity index (χ2n) is 6.21. The fraction of sp³-hybridized carbons (Fsp3) is 0.316. The van der Waals surface area contributed by atoms with Crippen LogP contribution in [0, 0.1) is 0 Å². The summed E-state index contributed by atoms with van der Waals surface area (Å²) in [5.74, 6) is 0. The molecule has 3 heterocycles. The number of rotatable bonds is 4. The van der Waals surface area contributed by atoms with Crippen molar-refractivity contribution >= 4 is 22.4 Å². The fourth-order valence-electron chi connectivity index (χ4n) is 3.17. The molecule has 24 heavy (non-hydrogen) atoms. The Morgan fingerprint density at radius 3 is 2.62 bits per heavy atom. The summed E-state index contributed by atoms with van der Waals surface area (Å²) in [6.45, 7) is 3.01. The van der Waals surface area contributed by atoms with E-state index in [1.165, 1.54) is 30.5 Å². The van der Waals surface area contributed by atoms with Crippen molar-refractivity contribution < 1.29 is 0 Å². The molecular formula is C19H21N5. The molecule has 1 aromatic carbocycles. The van der Waals surface area contributed by atoms with Crippen LogP contribution in [-0.4, -0.2) is 28.0 Å². The van der Waals surface area contributed by atoms with Gasteiger partial charge in [-0.1, -0.05) is 6.07 Å². The van der Waals surface area contributed by atoms with Crippen molar-refractivity contribution in [1.29, 1.82) is 0 Å². The van der Waals surface area contributed by atoms with Crippen molar-refractivity contribution in [2.24, 2.45) is 0 Å². The first-order valence-corrected chi connectivity index (χ1v) is 8.52. The van der Waals surface area contributed by atoms with Crippen molar-refractivity contribution in [2.75, 3.05) is 23.3 Å². The Labute approximate surface area is 141 Å². The van der Waals surface area contributed by atoms with E-state index >= 15 is 0 Å². The zero-order chi connectivity index (χ0) is 16.2. The van der Waals surface area contributed by atoms with Crippen molar-refractivity contribution in [3.63, 3.8) is 0 Å². The molecule has 5 nitrogen and oxygen atoms in total. The maximum absolute atomic E-state index is 4.40. The van der Waals surface area contributed by atoms with Gasteiger partial charge in [0.05, 0.1) is 34.8 Å². The molecule has 0 saturated carbocycles. The Hall–Kier alpha value is -2.69. The first-order chi connectivity index (χ1) is 11.9. The molecule has 0 radical (unpaired) electrons. The Morgan fingerprint density at radius 1 is 0.917 bits per heavy atom. The van der Waals surface area contributed by atoms with Crippen molar-refractivity contribution in [1.82, 2.24) is 15.0 Å². The summed E-state index contributed by atoms with van der Waals surface area (Å²) in [7, 11) is 0. The number of aromatic nitrogens is 3. The average Bonchev–Trinajstić information content (AvgIpc) is 2.67. The lowest BCUT2D eigenvalue weighted by Gasteiger charge is -2.28. The SMILES string of the molecule is c1cnc2cc(CNc3cncc(N4CCCCC4)c3)ccc2n1. The fourth-order valence-corrected chi connectivity index (χ4v) is 3.17. The highest BCUT2D eigenvalue weighted by Gasteiger charge is 2.11. The average molecular weight is 319 g/mol. The number of pyridine rings is 1.